The molecule has 0 radical (unpaired) electrons. The first-order valence-electron chi connectivity index (χ1n) is 5.04. The zero-order valence-electron chi connectivity index (χ0n) is 8.62. The lowest BCUT2D eigenvalue weighted by Gasteiger charge is -2.14. The SMILES string of the molecule is CC(CC1CC1)NC(=O)C(C)C(=O)O. The van der Waals surface area contributed by atoms with E-state index in [1.807, 2.05) is 6.92 Å². The van der Waals surface area contributed by atoms with E-state index in [1.54, 1.807) is 0 Å². The Kier molecular flexibility index (Phi) is 3.49. The molecule has 1 fully saturated rings. The molecule has 1 aliphatic carbocycles. The van der Waals surface area contributed by atoms with Gasteiger partial charge in [0, 0.05) is 6.04 Å². The molecule has 0 saturated heterocycles. The molecule has 1 amide bonds. The summed E-state index contributed by atoms with van der Waals surface area (Å²) in [5, 5.41) is 11.3. The van der Waals surface area contributed by atoms with Gasteiger partial charge in [-0.2, -0.15) is 0 Å². The highest BCUT2D eigenvalue weighted by molar-refractivity contribution is 5.96. The van der Waals surface area contributed by atoms with Crippen LogP contribution in [0.5, 0.6) is 0 Å². The highest BCUT2D eigenvalue weighted by Gasteiger charge is 2.26. The Morgan fingerprint density at radius 3 is 2.43 bits per heavy atom. The molecule has 4 nitrogen and oxygen atoms in total. The van der Waals surface area contributed by atoms with Crippen molar-refractivity contribution in [2.75, 3.05) is 0 Å². The predicted octanol–water partition coefficient (Wildman–Crippen LogP) is 1.01. The minimum absolute atomic E-state index is 0.0943. The van der Waals surface area contributed by atoms with Crippen LogP contribution in [0.2, 0.25) is 0 Å². The molecule has 2 atom stereocenters. The van der Waals surface area contributed by atoms with Gasteiger partial charge in [0.05, 0.1) is 0 Å². The van der Waals surface area contributed by atoms with Crippen molar-refractivity contribution in [3.05, 3.63) is 0 Å². The Labute approximate surface area is 83.7 Å². The van der Waals surface area contributed by atoms with Crippen LogP contribution in [-0.4, -0.2) is 23.0 Å². The fourth-order valence-corrected chi connectivity index (χ4v) is 1.39. The molecule has 2 N–H and O–H groups in total. The van der Waals surface area contributed by atoms with E-state index in [9.17, 15) is 9.59 Å². The van der Waals surface area contributed by atoms with Crippen LogP contribution in [0.4, 0.5) is 0 Å². The first-order valence-corrected chi connectivity index (χ1v) is 5.04. The van der Waals surface area contributed by atoms with Gasteiger partial charge in [-0.25, -0.2) is 0 Å². The van der Waals surface area contributed by atoms with Crippen molar-refractivity contribution >= 4 is 11.9 Å². The lowest BCUT2D eigenvalue weighted by Crippen LogP contribution is -2.39. The molecule has 0 heterocycles. The number of hydrogen-bond donors (Lipinski definition) is 2. The first-order chi connectivity index (χ1) is 6.50. The summed E-state index contributed by atoms with van der Waals surface area (Å²) in [6.07, 6.45) is 3.46. The Balaban J connectivity index is 2.27. The average Bonchev–Trinajstić information content (AvgIpc) is 2.86. The molecule has 80 valence electrons. The molecule has 0 bridgehead atoms. The number of rotatable bonds is 5. The topological polar surface area (TPSA) is 66.4 Å². The summed E-state index contributed by atoms with van der Waals surface area (Å²) in [7, 11) is 0. The zero-order valence-corrected chi connectivity index (χ0v) is 8.62. The van der Waals surface area contributed by atoms with Crippen LogP contribution in [0.3, 0.4) is 0 Å². The third kappa shape index (κ3) is 3.36. The molecule has 1 saturated carbocycles. The third-order valence-corrected chi connectivity index (χ3v) is 2.54. The van der Waals surface area contributed by atoms with E-state index in [1.165, 1.54) is 19.8 Å². The van der Waals surface area contributed by atoms with Gasteiger partial charge in [0.15, 0.2) is 0 Å². The molecule has 2 unspecified atom stereocenters. The van der Waals surface area contributed by atoms with Crippen molar-refractivity contribution in [3.8, 4) is 0 Å². The second kappa shape index (κ2) is 4.44. The fourth-order valence-electron chi connectivity index (χ4n) is 1.39. The van der Waals surface area contributed by atoms with Crippen LogP contribution in [0.25, 0.3) is 0 Å². The van der Waals surface area contributed by atoms with Gasteiger partial charge in [-0.1, -0.05) is 12.8 Å². The Morgan fingerprint density at radius 1 is 1.43 bits per heavy atom. The van der Waals surface area contributed by atoms with E-state index < -0.39 is 11.9 Å². The molecule has 0 aromatic heterocycles. The Hall–Kier alpha value is -1.06. The number of carbonyl (C=O) groups excluding carboxylic acids is 1. The van der Waals surface area contributed by atoms with E-state index in [4.69, 9.17) is 5.11 Å². The summed E-state index contributed by atoms with van der Waals surface area (Å²) in [6, 6.07) is 0.0943. The maximum Gasteiger partial charge on any atom is 0.315 e. The average molecular weight is 199 g/mol. The number of amides is 1. The van der Waals surface area contributed by atoms with E-state index in [-0.39, 0.29) is 11.9 Å². The molecule has 0 spiro atoms. The number of carboxylic acid groups (broad SMARTS) is 1. The Bertz CT molecular complexity index is 236. The van der Waals surface area contributed by atoms with Gasteiger partial charge in [0.2, 0.25) is 5.91 Å². The highest BCUT2D eigenvalue weighted by Crippen LogP contribution is 2.33. The van der Waals surface area contributed by atoms with Crippen LogP contribution < -0.4 is 5.32 Å². The van der Waals surface area contributed by atoms with Crippen LogP contribution in [0, 0.1) is 11.8 Å². The Morgan fingerprint density at radius 2 is 2.00 bits per heavy atom. The number of carboxylic acids is 1. The molecule has 1 aliphatic rings. The van der Waals surface area contributed by atoms with Crippen molar-refractivity contribution < 1.29 is 14.7 Å². The first kappa shape index (κ1) is 11.0. The van der Waals surface area contributed by atoms with Gasteiger partial charge in [-0.15, -0.1) is 0 Å². The molecular weight excluding hydrogens is 182 g/mol. The van der Waals surface area contributed by atoms with Crippen molar-refractivity contribution in [1.29, 1.82) is 0 Å². The third-order valence-electron chi connectivity index (χ3n) is 2.54. The number of nitrogens with one attached hydrogen (secondary N) is 1. The van der Waals surface area contributed by atoms with Crippen molar-refractivity contribution in [2.24, 2.45) is 11.8 Å². The zero-order chi connectivity index (χ0) is 10.7. The van der Waals surface area contributed by atoms with Gasteiger partial charge >= 0.3 is 5.97 Å². The van der Waals surface area contributed by atoms with Crippen molar-refractivity contribution in [2.45, 2.75) is 39.2 Å². The maximum absolute atomic E-state index is 11.3. The van der Waals surface area contributed by atoms with Gasteiger partial charge in [0.25, 0.3) is 0 Å². The van der Waals surface area contributed by atoms with Gasteiger partial charge in [-0.05, 0) is 26.2 Å². The molecular formula is C10H17NO3. The minimum atomic E-state index is -1.07. The molecule has 14 heavy (non-hydrogen) atoms. The van der Waals surface area contributed by atoms with Gasteiger partial charge in [-0.3, -0.25) is 9.59 Å². The maximum atomic E-state index is 11.3. The fraction of sp³-hybridized carbons (Fsp3) is 0.800. The van der Waals surface area contributed by atoms with E-state index >= 15 is 0 Å². The van der Waals surface area contributed by atoms with Crippen LogP contribution in [0.15, 0.2) is 0 Å². The number of aliphatic carboxylic acids is 1. The van der Waals surface area contributed by atoms with Gasteiger partial charge in [0.1, 0.15) is 5.92 Å². The normalized spacial score (nSPS) is 19.9. The standard InChI is InChI=1S/C10H17NO3/c1-6(5-8-3-4-8)11-9(12)7(2)10(13)14/h6-8H,3-5H2,1-2H3,(H,11,12)(H,13,14). The summed E-state index contributed by atoms with van der Waals surface area (Å²) >= 11 is 0. The summed E-state index contributed by atoms with van der Waals surface area (Å²) < 4.78 is 0. The van der Waals surface area contributed by atoms with Crippen LogP contribution >= 0.6 is 0 Å². The largest absolute Gasteiger partial charge is 0.481 e. The van der Waals surface area contributed by atoms with E-state index in [2.05, 4.69) is 5.32 Å². The second-order valence-electron chi connectivity index (χ2n) is 4.15. The number of hydrogen-bond acceptors (Lipinski definition) is 2. The quantitative estimate of drug-likeness (QED) is 0.649. The van der Waals surface area contributed by atoms with E-state index in [0.29, 0.717) is 0 Å². The lowest BCUT2D eigenvalue weighted by atomic mass is 10.1. The number of carbonyl (C=O) groups is 2. The molecule has 4 heteroatoms. The summed E-state index contributed by atoms with van der Waals surface area (Å²) in [4.78, 5) is 21.8. The lowest BCUT2D eigenvalue weighted by molar-refractivity contribution is -0.146. The second-order valence-corrected chi connectivity index (χ2v) is 4.15. The van der Waals surface area contributed by atoms with Crippen LogP contribution in [-0.2, 0) is 9.59 Å². The summed E-state index contributed by atoms with van der Waals surface area (Å²) in [5.74, 6) is -1.66. The molecule has 0 aromatic carbocycles. The summed E-state index contributed by atoms with van der Waals surface area (Å²) in [6.45, 7) is 3.33. The molecule has 1 rings (SSSR count). The highest BCUT2D eigenvalue weighted by atomic mass is 16.4. The molecule has 0 aliphatic heterocycles. The monoisotopic (exact) mass is 199 g/mol. The minimum Gasteiger partial charge on any atom is -0.481 e. The predicted molar refractivity (Wildman–Crippen MR) is 51.7 cm³/mol. The molecule has 0 aromatic rings. The van der Waals surface area contributed by atoms with E-state index in [0.717, 1.165) is 12.3 Å². The van der Waals surface area contributed by atoms with Crippen molar-refractivity contribution in [1.82, 2.24) is 5.32 Å². The van der Waals surface area contributed by atoms with Gasteiger partial charge < -0.3 is 10.4 Å². The smallest absolute Gasteiger partial charge is 0.315 e. The summed E-state index contributed by atoms with van der Waals surface area (Å²) in [5.41, 5.74) is 0. The van der Waals surface area contributed by atoms with Crippen molar-refractivity contribution in [3.63, 3.8) is 0 Å². The van der Waals surface area contributed by atoms with Crippen LogP contribution in [0.1, 0.15) is 33.1 Å².